The van der Waals surface area contributed by atoms with Gasteiger partial charge in [0, 0.05) is 41.7 Å². The van der Waals surface area contributed by atoms with Crippen LogP contribution in [0.4, 0.5) is 16.2 Å². The van der Waals surface area contributed by atoms with Gasteiger partial charge in [0.05, 0.1) is 28.4 Å². The first-order valence-electron chi connectivity index (χ1n) is 14.2. The molecule has 2 heterocycles. The van der Waals surface area contributed by atoms with E-state index in [1.807, 2.05) is 0 Å². The van der Waals surface area contributed by atoms with E-state index in [0.29, 0.717) is 16.0 Å². The van der Waals surface area contributed by atoms with Gasteiger partial charge >= 0.3 is 18.0 Å². The normalized spacial score (nSPS) is 17.2. The Morgan fingerprint density at radius 1 is 0.979 bits per heavy atom. The first-order chi connectivity index (χ1) is 23.0. The average molecular weight is 685 g/mol. The van der Waals surface area contributed by atoms with Crippen molar-refractivity contribution >= 4 is 53.5 Å². The molecule has 1 N–H and O–H groups in total. The van der Waals surface area contributed by atoms with Gasteiger partial charge in [-0.2, -0.15) is 0 Å². The maximum atomic E-state index is 13.2. The number of non-ortho nitro benzene ring substituents is 2. The van der Waals surface area contributed by atoms with E-state index < -0.39 is 51.8 Å². The van der Waals surface area contributed by atoms with Crippen LogP contribution in [0, 0.1) is 26.1 Å². The van der Waals surface area contributed by atoms with Crippen molar-refractivity contribution in [2.24, 2.45) is 5.92 Å². The van der Waals surface area contributed by atoms with Crippen LogP contribution in [0.2, 0.25) is 0 Å². The molecule has 0 aliphatic carbocycles. The number of nitrogens with zero attached hydrogens (tertiary/aromatic N) is 3. The lowest BCUT2D eigenvalue weighted by Crippen LogP contribution is -2.62. The second kappa shape index (κ2) is 16.2. The fourth-order valence-corrected chi connectivity index (χ4v) is 5.76. The van der Waals surface area contributed by atoms with E-state index in [-0.39, 0.29) is 56.3 Å². The lowest BCUT2D eigenvalue weighted by atomic mass is 9.83. The summed E-state index contributed by atoms with van der Waals surface area (Å²) in [6, 6.07) is 10.4. The van der Waals surface area contributed by atoms with E-state index >= 15 is 0 Å². The monoisotopic (exact) mass is 684 g/mol. The molecule has 252 valence electrons. The summed E-state index contributed by atoms with van der Waals surface area (Å²) < 4.78 is 20.4. The highest BCUT2D eigenvalue weighted by Gasteiger charge is 2.57. The SMILES string of the molecule is C[C@@H](OC=O)[C@H]1C(=O)N2C(C(=O)OCc3ccc([N+](=O)[O-])cc3)=C(SC=CC(=O)OCCNC(=O)OCc3ccc([N+](=O)[O-])cc3)C[C@H]12. The summed E-state index contributed by atoms with van der Waals surface area (Å²) in [4.78, 5) is 83.3. The number of nitro benzene ring substituents is 2. The van der Waals surface area contributed by atoms with Gasteiger partial charge in [0.25, 0.3) is 17.8 Å². The van der Waals surface area contributed by atoms with Gasteiger partial charge in [0.15, 0.2) is 0 Å². The number of nitrogens with one attached hydrogen (secondary N) is 1. The summed E-state index contributed by atoms with van der Waals surface area (Å²) in [7, 11) is 0. The number of carbonyl (C=O) groups is 5. The molecular weight excluding hydrogens is 656 g/mol. The summed E-state index contributed by atoms with van der Waals surface area (Å²) in [6.45, 7) is 1.20. The third kappa shape index (κ3) is 8.72. The maximum Gasteiger partial charge on any atom is 0.407 e. The molecule has 3 atom stereocenters. The molecule has 18 heteroatoms. The van der Waals surface area contributed by atoms with E-state index in [1.54, 1.807) is 6.92 Å². The minimum Gasteiger partial charge on any atom is -0.464 e. The predicted molar refractivity (Wildman–Crippen MR) is 164 cm³/mol. The zero-order chi connectivity index (χ0) is 34.8. The largest absolute Gasteiger partial charge is 0.464 e. The topological polar surface area (TPSA) is 224 Å². The molecular formula is C30H28N4O13S. The van der Waals surface area contributed by atoms with Gasteiger partial charge in [-0.05, 0) is 47.7 Å². The highest BCUT2D eigenvalue weighted by Crippen LogP contribution is 2.48. The van der Waals surface area contributed by atoms with Gasteiger partial charge in [-0.15, -0.1) is 0 Å². The first kappa shape index (κ1) is 35.1. The summed E-state index contributed by atoms with van der Waals surface area (Å²) in [5.41, 5.74) is 0.767. The number of alkyl carbamates (subject to hydrolysis) is 1. The van der Waals surface area contributed by atoms with E-state index in [1.165, 1.54) is 58.8 Å². The minimum absolute atomic E-state index is 0.0269. The third-order valence-electron chi connectivity index (χ3n) is 7.20. The number of β-lactam (4-membered cyclic amide) rings is 1. The fraction of sp³-hybridized carbons (Fsp3) is 0.300. The van der Waals surface area contributed by atoms with Crippen LogP contribution in [-0.4, -0.2) is 70.5 Å². The van der Waals surface area contributed by atoms with Crippen molar-refractivity contribution in [3.8, 4) is 0 Å². The number of thioether (sulfide) groups is 1. The number of ether oxygens (including phenoxy) is 4. The van der Waals surface area contributed by atoms with Crippen LogP contribution in [0.25, 0.3) is 0 Å². The van der Waals surface area contributed by atoms with E-state index in [9.17, 15) is 44.2 Å². The Bertz CT molecular complexity index is 1640. The van der Waals surface area contributed by atoms with Crippen LogP contribution in [0.1, 0.15) is 24.5 Å². The van der Waals surface area contributed by atoms with Gasteiger partial charge in [0.1, 0.15) is 31.6 Å². The number of rotatable bonds is 16. The van der Waals surface area contributed by atoms with Gasteiger partial charge in [-0.3, -0.25) is 29.8 Å². The number of hydrogen-bond donors (Lipinski definition) is 1. The highest BCUT2D eigenvalue weighted by molar-refractivity contribution is 8.05. The molecule has 17 nitrogen and oxygen atoms in total. The lowest BCUT2D eigenvalue weighted by Gasteiger charge is -2.45. The number of esters is 2. The van der Waals surface area contributed by atoms with Crippen LogP contribution in [0.5, 0.6) is 0 Å². The molecule has 2 aliphatic rings. The zero-order valence-corrected chi connectivity index (χ0v) is 26.0. The summed E-state index contributed by atoms with van der Waals surface area (Å²) in [6.07, 6.45) is -0.211. The number of benzene rings is 2. The molecule has 0 unspecified atom stereocenters. The average Bonchev–Trinajstić information content (AvgIpc) is 3.39. The molecule has 0 aromatic heterocycles. The fourth-order valence-electron chi connectivity index (χ4n) is 4.85. The van der Waals surface area contributed by atoms with Crippen LogP contribution in [0.3, 0.4) is 0 Å². The molecule has 4 rings (SSSR count). The van der Waals surface area contributed by atoms with Crippen LogP contribution < -0.4 is 5.32 Å². The Kier molecular flexibility index (Phi) is 11.8. The van der Waals surface area contributed by atoms with E-state index in [4.69, 9.17) is 18.9 Å². The number of hydrogen-bond acceptors (Lipinski definition) is 14. The molecule has 0 bridgehead atoms. The van der Waals surface area contributed by atoms with Crippen molar-refractivity contribution in [1.29, 1.82) is 0 Å². The molecule has 48 heavy (non-hydrogen) atoms. The van der Waals surface area contributed by atoms with Gasteiger partial charge < -0.3 is 29.2 Å². The lowest BCUT2D eigenvalue weighted by molar-refractivity contribution is -0.385. The van der Waals surface area contributed by atoms with Crippen molar-refractivity contribution in [3.63, 3.8) is 0 Å². The summed E-state index contributed by atoms with van der Waals surface area (Å²) >= 11 is 0.994. The molecule has 0 saturated carbocycles. The van der Waals surface area contributed by atoms with Crippen LogP contribution in [-0.2, 0) is 51.3 Å². The number of carbonyl (C=O) groups excluding carboxylic acids is 5. The molecule has 2 aromatic carbocycles. The van der Waals surface area contributed by atoms with Crippen molar-refractivity contribution in [2.45, 2.75) is 38.7 Å². The Morgan fingerprint density at radius 3 is 2.12 bits per heavy atom. The Morgan fingerprint density at radius 2 is 1.56 bits per heavy atom. The van der Waals surface area contributed by atoms with Crippen molar-refractivity contribution < 1.29 is 52.8 Å². The molecule has 2 aromatic rings. The second-order valence-electron chi connectivity index (χ2n) is 10.2. The molecule has 2 aliphatic heterocycles. The molecule has 1 saturated heterocycles. The third-order valence-corrected chi connectivity index (χ3v) is 8.12. The van der Waals surface area contributed by atoms with E-state index in [0.717, 1.165) is 17.8 Å². The quantitative estimate of drug-likeness (QED) is 0.0392. The number of fused-ring (bicyclic) bond motifs is 1. The standard InChI is InChI=1S/C30H28N4O13S/c1-18(47-17-35)26-23-14-24(27(32(23)28(26)37)29(38)45-15-19-2-6-21(7-3-19)33(40)41)48-13-10-25(36)44-12-11-31-30(39)46-16-20-4-8-22(9-5-20)34(42)43/h2-10,13,17-18,23,26H,11-12,14-16H2,1H3,(H,31,39)/t18-,23-,26-/m1/s1. The predicted octanol–water partition coefficient (Wildman–Crippen LogP) is 3.27. The van der Waals surface area contributed by atoms with Gasteiger partial charge in [0.2, 0.25) is 5.91 Å². The molecule has 0 spiro atoms. The highest BCUT2D eigenvalue weighted by atomic mass is 32.2. The Hall–Kier alpha value is -5.78. The zero-order valence-electron chi connectivity index (χ0n) is 25.2. The van der Waals surface area contributed by atoms with Crippen molar-refractivity contribution in [1.82, 2.24) is 10.2 Å². The first-order valence-corrected chi connectivity index (χ1v) is 15.1. The van der Waals surface area contributed by atoms with Crippen LogP contribution >= 0.6 is 11.8 Å². The molecule has 0 radical (unpaired) electrons. The Labute approximate surface area is 276 Å². The summed E-state index contributed by atoms with van der Waals surface area (Å²) in [5, 5.41) is 25.4. The van der Waals surface area contributed by atoms with Gasteiger partial charge in [-0.1, -0.05) is 11.8 Å². The maximum absolute atomic E-state index is 13.2. The van der Waals surface area contributed by atoms with Crippen molar-refractivity contribution in [3.05, 3.63) is 102 Å². The molecule has 1 fully saturated rings. The van der Waals surface area contributed by atoms with E-state index in [2.05, 4.69) is 5.32 Å². The minimum atomic E-state index is -0.823. The molecule has 2 amide bonds. The van der Waals surface area contributed by atoms with Gasteiger partial charge in [-0.25, -0.2) is 14.4 Å². The van der Waals surface area contributed by atoms with Crippen LogP contribution in [0.15, 0.2) is 70.6 Å². The summed E-state index contributed by atoms with van der Waals surface area (Å²) in [5.74, 6) is -2.70. The number of nitro groups is 2. The second-order valence-corrected chi connectivity index (χ2v) is 11.2. The Balaban J connectivity index is 1.28. The van der Waals surface area contributed by atoms with Crippen molar-refractivity contribution in [2.75, 3.05) is 13.2 Å². The number of amides is 2. The smallest absolute Gasteiger partial charge is 0.407 e.